The predicted octanol–water partition coefficient (Wildman–Crippen LogP) is -0.478. The summed E-state index contributed by atoms with van der Waals surface area (Å²) in [6, 6.07) is 0.310. The summed E-state index contributed by atoms with van der Waals surface area (Å²) in [6.07, 6.45) is 0. The van der Waals surface area contributed by atoms with Crippen LogP contribution in [0.15, 0.2) is 0 Å². The van der Waals surface area contributed by atoms with E-state index in [-0.39, 0.29) is 0 Å². The van der Waals surface area contributed by atoms with Crippen LogP contribution >= 0.6 is 0 Å². The Kier molecular flexibility index (Phi) is 2.65. The van der Waals surface area contributed by atoms with Gasteiger partial charge in [0.1, 0.15) is 0 Å². The summed E-state index contributed by atoms with van der Waals surface area (Å²) >= 11 is 0. The number of methoxy groups -OCH3 is 1. The first-order valence-corrected chi connectivity index (χ1v) is 3.67. The number of nitrogens with zero attached hydrogens (tertiary/aromatic N) is 1. The molecular weight excluding hydrogens is 128 g/mol. The summed E-state index contributed by atoms with van der Waals surface area (Å²) in [5.74, 6) is 0.537. The fourth-order valence-corrected chi connectivity index (χ4v) is 1.51. The third kappa shape index (κ3) is 1.68. The van der Waals surface area contributed by atoms with Crippen molar-refractivity contribution < 1.29 is 4.74 Å². The second-order valence-corrected chi connectivity index (χ2v) is 3.10. The molecule has 60 valence electrons. The Labute approximate surface area is 62.1 Å². The molecule has 0 amide bonds. The van der Waals surface area contributed by atoms with Gasteiger partial charge in [0, 0.05) is 32.2 Å². The largest absolute Gasteiger partial charge is 0.384 e. The molecule has 1 fully saturated rings. The van der Waals surface area contributed by atoms with Crippen molar-refractivity contribution in [3.05, 3.63) is 0 Å². The van der Waals surface area contributed by atoms with Crippen LogP contribution in [0.4, 0.5) is 0 Å². The molecule has 2 N–H and O–H groups in total. The second kappa shape index (κ2) is 3.32. The molecule has 0 aliphatic carbocycles. The quantitative estimate of drug-likeness (QED) is 0.569. The minimum atomic E-state index is 0.310. The van der Waals surface area contributed by atoms with E-state index in [1.807, 2.05) is 0 Å². The molecule has 1 rings (SSSR count). The zero-order valence-electron chi connectivity index (χ0n) is 6.71. The molecule has 0 radical (unpaired) electrons. The van der Waals surface area contributed by atoms with E-state index in [2.05, 4.69) is 11.9 Å². The van der Waals surface area contributed by atoms with E-state index in [1.54, 1.807) is 7.11 Å². The van der Waals surface area contributed by atoms with Crippen molar-refractivity contribution in [3.63, 3.8) is 0 Å². The van der Waals surface area contributed by atoms with Gasteiger partial charge in [0.05, 0.1) is 6.61 Å². The zero-order chi connectivity index (χ0) is 7.56. The Morgan fingerprint density at radius 1 is 1.60 bits per heavy atom. The molecule has 1 aliphatic heterocycles. The van der Waals surface area contributed by atoms with E-state index in [1.165, 1.54) is 0 Å². The molecule has 0 spiro atoms. The van der Waals surface area contributed by atoms with Gasteiger partial charge in [-0.1, -0.05) is 0 Å². The van der Waals surface area contributed by atoms with Crippen LogP contribution in [0, 0.1) is 5.92 Å². The number of nitrogens with two attached hydrogens (primary N) is 1. The summed E-state index contributed by atoms with van der Waals surface area (Å²) in [7, 11) is 3.82. The van der Waals surface area contributed by atoms with Crippen LogP contribution in [0.1, 0.15) is 0 Å². The van der Waals surface area contributed by atoms with E-state index < -0.39 is 0 Å². The maximum Gasteiger partial charge on any atom is 0.0518 e. The van der Waals surface area contributed by atoms with E-state index in [4.69, 9.17) is 10.5 Å². The predicted molar refractivity (Wildman–Crippen MR) is 40.8 cm³/mol. The monoisotopic (exact) mass is 144 g/mol. The number of likely N-dealkylation sites (tertiary alicyclic amines) is 1. The maximum absolute atomic E-state index is 5.83. The van der Waals surface area contributed by atoms with Gasteiger partial charge in [0.25, 0.3) is 0 Å². The molecule has 2 unspecified atom stereocenters. The molecule has 0 saturated carbocycles. The normalized spacial score (nSPS) is 35.1. The van der Waals surface area contributed by atoms with E-state index >= 15 is 0 Å². The molecule has 1 saturated heterocycles. The maximum atomic E-state index is 5.83. The second-order valence-electron chi connectivity index (χ2n) is 3.10. The van der Waals surface area contributed by atoms with Crippen LogP contribution in [0.2, 0.25) is 0 Å². The Morgan fingerprint density at radius 2 is 2.30 bits per heavy atom. The first kappa shape index (κ1) is 7.98. The van der Waals surface area contributed by atoms with Crippen molar-refractivity contribution in [2.45, 2.75) is 6.04 Å². The van der Waals surface area contributed by atoms with Crippen LogP contribution in [-0.2, 0) is 4.74 Å². The summed E-state index contributed by atoms with van der Waals surface area (Å²) in [6.45, 7) is 2.88. The molecule has 0 bridgehead atoms. The highest BCUT2D eigenvalue weighted by Crippen LogP contribution is 2.12. The highest BCUT2D eigenvalue weighted by Gasteiger charge is 2.27. The van der Waals surface area contributed by atoms with Gasteiger partial charge in [0.2, 0.25) is 0 Å². The molecule has 0 aromatic carbocycles. The van der Waals surface area contributed by atoms with E-state index in [9.17, 15) is 0 Å². The summed E-state index contributed by atoms with van der Waals surface area (Å²) in [5, 5.41) is 0. The Bertz CT molecular complexity index is 108. The highest BCUT2D eigenvalue weighted by molar-refractivity contribution is 4.84. The molecule has 0 aromatic rings. The van der Waals surface area contributed by atoms with Crippen molar-refractivity contribution >= 4 is 0 Å². The lowest BCUT2D eigenvalue weighted by molar-refractivity contribution is 0.150. The van der Waals surface area contributed by atoms with Gasteiger partial charge in [-0.15, -0.1) is 0 Å². The highest BCUT2D eigenvalue weighted by atomic mass is 16.5. The van der Waals surface area contributed by atoms with Crippen molar-refractivity contribution in [1.29, 1.82) is 0 Å². The van der Waals surface area contributed by atoms with Gasteiger partial charge in [-0.3, -0.25) is 0 Å². The smallest absolute Gasteiger partial charge is 0.0518 e. The lowest BCUT2D eigenvalue weighted by Gasteiger charge is -2.11. The average molecular weight is 144 g/mol. The number of likely N-dealkylation sites (N-methyl/N-ethyl adjacent to an activating group) is 1. The van der Waals surface area contributed by atoms with Crippen LogP contribution in [0.25, 0.3) is 0 Å². The van der Waals surface area contributed by atoms with Gasteiger partial charge in [-0.05, 0) is 7.05 Å². The molecule has 0 aromatic heterocycles. The lowest BCUT2D eigenvalue weighted by atomic mass is 10.1. The minimum Gasteiger partial charge on any atom is -0.384 e. The first-order chi connectivity index (χ1) is 4.74. The van der Waals surface area contributed by atoms with Crippen LogP contribution in [-0.4, -0.2) is 44.8 Å². The first-order valence-electron chi connectivity index (χ1n) is 3.67. The fraction of sp³-hybridized carbons (Fsp3) is 1.00. The number of rotatable bonds is 2. The number of hydrogen-bond donors (Lipinski definition) is 1. The van der Waals surface area contributed by atoms with E-state index in [0.29, 0.717) is 12.0 Å². The van der Waals surface area contributed by atoms with Gasteiger partial charge in [-0.25, -0.2) is 0 Å². The Balaban J connectivity index is 2.31. The Morgan fingerprint density at radius 3 is 2.70 bits per heavy atom. The van der Waals surface area contributed by atoms with Gasteiger partial charge in [-0.2, -0.15) is 0 Å². The van der Waals surface area contributed by atoms with Crippen molar-refractivity contribution in [2.75, 3.05) is 33.9 Å². The summed E-state index contributed by atoms with van der Waals surface area (Å²) < 4.78 is 5.04. The van der Waals surface area contributed by atoms with Crippen LogP contribution < -0.4 is 5.73 Å². The van der Waals surface area contributed by atoms with Gasteiger partial charge >= 0.3 is 0 Å². The molecule has 3 nitrogen and oxygen atoms in total. The van der Waals surface area contributed by atoms with Gasteiger partial charge in [0.15, 0.2) is 0 Å². The third-order valence-electron chi connectivity index (χ3n) is 2.05. The SMILES string of the molecule is COCC1CN(C)CC1N. The standard InChI is InChI=1S/C7H16N2O/c1-9-3-6(5-10-2)7(8)4-9/h6-7H,3-5,8H2,1-2H3. The topological polar surface area (TPSA) is 38.5 Å². The molecular formula is C7H16N2O. The van der Waals surface area contributed by atoms with Crippen molar-refractivity contribution in [3.8, 4) is 0 Å². The number of ether oxygens (including phenoxy) is 1. The molecule has 1 heterocycles. The minimum absolute atomic E-state index is 0.310. The van der Waals surface area contributed by atoms with Crippen LogP contribution in [0.3, 0.4) is 0 Å². The fourth-order valence-electron chi connectivity index (χ4n) is 1.51. The van der Waals surface area contributed by atoms with Crippen LogP contribution in [0.5, 0.6) is 0 Å². The molecule has 2 atom stereocenters. The third-order valence-corrected chi connectivity index (χ3v) is 2.05. The lowest BCUT2D eigenvalue weighted by Crippen LogP contribution is -2.31. The molecule has 3 heteroatoms. The summed E-state index contributed by atoms with van der Waals surface area (Å²) in [4.78, 5) is 2.24. The zero-order valence-corrected chi connectivity index (χ0v) is 6.71. The Hall–Kier alpha value is -0.120. The summed E-state index contributed by atoms with van der Waals surface area (Å²) in [5.41, 5.74) is 5.83. The van der Waals surface area contributed by atoms with Crippen molar-refractivity contribution in [2.24, 2.45) is 11.7 Å². The van der Waals surface area contributed by atoms with Crippen molar-refractivity contribution in [1.82, 2.24) is 4.90 Å². The average Bonchev–Trinajstić information content (AvgIpc) is 2.13. The van der Waals surface area contributed by atoms with E-state index in [0.717, 1.165) is 19.7 Å². The molecule has 1 aliphatic rings. The van der Waals surface area contributed by atoms with Gasteiger partial charge < -0.3 is 15.4 Å². The molecule has 10 heavy (non-hydrogen) atoms. The number of hydrogen-bond acceptors (Lipinski definition) is 3.